The summed E-state index contributed by atoms with van der Waals surface area (Å²) in [7, 11) is 0. The number of rotatable bonds is 5. The lowest BCUT2D eigenvalue weighted by Gasteiger charge is -2.06. The smallest absolute Gasteiger partial charge is 0.141 e. The summed E-state index contributed by atoms with van der Waals surface area (Å²) in [4.78, 5) is 8.92. The van der Waals surface area contributed by atoms with E-state index in [0.29, 0.717) is 5.82 Å². The SMILES string of the molecule is Nc1nc(CSCc2ccc(CO)cc2)nc2ccccc12. The topological polar surface area (TPSA) is 72.0 Å². The molecular formula is C17H17N3OS. The van der Waals surface area contributed by atoms with Gasteiger partial charge in [0.05, 0.1) is 17.9 Å². The van der Waals surface area contributed by atoms with E-state index >= 15 is 0 Å². The molecule has 3 rings (SSSR count). The molecule has 3 aromatic rings. The number of hydrogen-bond acceptors (Lipinski definition) is 5. The molecular weight excluding hydrogens is 294 g/mol. The first-order valence-corrected chi connectivity index (χ1v) is 8.19. The Bertz CT molecular complexity index is 774. The Morgan fingerprint density at radius 3 is 2.41 bits per heavy atom. The highest BCUT2D eigenvalue weighted by Gasteiger charge is 2.05. The van der Waals surface area contributed by atoms with Gasteiger partial charge in [0, 0.05) is 11.1 Å². The van der Waals surface area contributed by atoms with Crippen LogP contribution in [0.5, 0.6) is 0 Å². The van der Waals surface area contributed by atoms with Crippen LogP contribution in [0.15, 0.2) is 48.5 Å². The van der Waals surface area contributed by atoms with Gasteiger partial charge < -0.3 is 10.8 Å². The molecule has 1 aromatic heterocycles. The average Bonchev–Trinajstić information content (AvgIpc) is 2.56. The number of aliphatic hydroxyl groups is 1. The first-order chi connectivity index (χ1) is 10.8. The van der Waals surface area contributed by atoms with Crippen LogP contribution in [-0.2, 0) is 18.1 Å². The summed E-state index contributed by atoms with van der Waals surface area (Å²) in [6, 6.07) is 15.7. The van der Waals surface area contributed by atoms with E-state index in [9.17, 15) is 0 Å². The third-order valence-electron chi connectivity index (χ3n) is 3.38. The molecule has 0 radical (unpaired) electrons. The van der Waals surface area contributed by atoms with Gasteiger partial charge in [0.1, 0.15) is 11.6 Å². The molecule has 2 aromatic carbocycles. The number of fused-ring (bicyclic) bond motifs is 1. The van der Waals surface area contributed by atoms with Crippen molar-refractivity contribution in [1.82, 2.24) is 9.97 Å². The molecule has 0 aliphatic carbocycles. The molecule has 112 valence electrons. The lowest BCUT2D eigenvalue weighted by molar-refractivity contribution is 0.282. The van der Waals surface area contributed by atoms with Crippen molar-refractivity contribution in [3.8, 4) is 0 Å². The van der Waals surface area contributed by atoms with Crippen molar-refractivity contribution >= 4 is 28.5 Å². The van der Waals surface area contributed by atoms with Gasteiger partial charge in [-0.3, -0.25) is 0 Å². The summed E-state index contributed by atoms with van der Waals surface area (Å²) in [5, 5.41) is 9.93. The number of aromatic nitrogens is 2. The number of benzene rings is 2. The van der Waals surface area contributed by atoms with Crippen LogP contribution in [0.3, 0.4) is 0 Å². The summed E-state index contributed by atoms with van der Waals surface area (Å²) in [6.45, 7) is 0.0810. The minimum absolute atomic E-state index is 0.0810. The lowest BCUT2D eigenvalue weighted by atomic mass is 10.2. The molecule has 1 heterocycles. The third kappa shape index (κ3) is 3.37. The zero-order valence-corrected chi connectivity index (χ0v) is 12.9. The maximum absolute atomic E-state index is 9.03. The lowest BCUT2D eigenvalue weighted by Crippen LogP contribution is -2.00. The Balaban J connectivity index is 1.66. The fourth-order valence-electron chi connectivity index (χ4n) is 2.22. The zero-order chi connectivity index (χ0) is 15.4. The number of hydrogen-bond donors (Lipinski definition) is 2. The van der Waals surface area contributed by atoms with Gasteiger partial charge in [-0.25, -0.2) is 9.97 Å². The van der Waals surface area contributed by atoms with Gasteiger partial charge in [-0.05, 0) is 23.3 Å². The van der Waals surface area contributed by atoms with E-state index in [2.05, 4.69) is 9.97 Å². The molecule has 22 heavy (non-hydrogen) atoms. The highest BCUT2D eigenvalue weighted by atomic mass is 32.2. The van der Waals surface area contributed by atoms with Crippen LogP contribution in [0.4, 0.5) is 5.82 Å². The van der Waals surface area contributed by atoms with E-state index in [0.717, 1.165) is 33.8 Å². The maximum Gasteiger partial charge on any atom is 0.141 e. The maximum atomic E-state index is 9.03. The second-order valence-electron chi connectivity index (χ2n) is 5.01. The van der Waals surface area contributed by atoms with Crippen LogP contribution in [0, 0.1) is 0 Å². The Hall–Kier alpha value is -2.11. The molecule has 3 N–H and O–H groups in total. The van der Waals surface area contributed by atoms with Crippen molar-refractivity contribution in [3.05, 3.63) is 65.5 Å². The second kappa shape index (κ2) is 6.77. The molecule has 0 spiro atoms. The summed E-state index contributed by atoms with van der Waals surface area (Å²) >= 11 is 1.75. The normalized spacial score (nSPS) is 11.0. The van der Waals surface area contributed by atoms with Gasteiger partial charge in [0.15, 0.2) is 0 Å². The molecule has 0 saturated carbocycles. The second-order valence-corrected chi connectivity index (χ2v) is 6.00. The standard InChI is InChI=1S/C17H17N3OS/c18-17-14-3-1-2-4-15(14)19-16(20-17)11-22-10-13-7-5-12(9-21)6-8-13/h1-8,21H,9-11H2,(H2,18,19,20). The molecule has 0 saturated heterocycles. The van der Waals surface area contributed by atoms with E-state index in [1.54, 1.807) is 11.8 Å². The Morgan fingerprint density at radius 1 is 0.909 bits per heavy atom. The minimum atomic E-state index is 0.0810. The molecule has 0 bridgehead atoms. The van der Waals surface area contributed by atoms with E-state index < -0.39 is 0 Å². The van der Waals surface area contributed by atoms with Crippen LogP contribution >= 0.6 is 11.8 Å². The largest absolute Gasteiger partial charge is 0.392 e. The number of nitrogen functional groups attached to an aromatic ring is 1. The number of thioether (sulfide) groups is 1. The summed E-state index contributed by atoms with van der Waals surface area (Å²) in [6.07, 6.45) is 0. The van der Waals surface area contributed by atoms with Gasteiger partial charge in [-0.15, -0.1) is 11.8 Å². The fraction of sp³-hybridized carbons (Fsp3) is 0.176. The first kappa shape index (κ1) is 14.8. The van der Waals surface area contributed by atoms with Crippen molar-refractivity contribution in [2.24, 2.45) is 0 Å². The average molecular weight is 311 g/mol. The number of para-hydroxylation sites is 1. The number of nitrogens with two attached hydrogens (primary N) is 1. The van der Waals surface area contributed by atoms with Crippen LogP contribution in [-0.4, -0.2) is 15.1 Å². The predicted molar refractivity (Wildman–Crippen MR) is 91.3 cm³/mol. The highest BCUT2D eigenvalue weighted by Crippen LogP contribution is 2.21. The summed E-state index contributed by atoms with van der Waals surface area (Å²) in [5.41, 5.74) is 9.02. The molecule has 0 aliphatic heterocycles. The summed E-state index contributed by atoms with van der Waals surface area (Å²) in [5.74, 6) is 2.89. The molecule has 0 fully saturated rings. The molecule has 0 amide bonds. The van der Waals surface area contributed by atoms with Crippen LogP contribution < -0.4 is 5.73 Å². The molecule has 0 aliphatic rings. The van der Waals surface area contributed by atoms with Gasteiger partial charge >= 0.3 is 0 Å². The monoisotopic (exact) mass is 311 g/mol. The van der Waals surface area contributed by atoms with Crippen molar-refractivity contribution in [1.29, 1.82) is 0 Å². The first-order valence-electron chi connectivity index (χ1n) is 7.04. The van der Waals surface area contributed by atoms with Gasteiger partial charge in [-0.2, -0.15) is 0 Å². The van der Waals surface area contributed by atoms with Crippen molar-refractivity contribution < 1.29 is 5.11 Å². The van der Waals surface area contributed by atoms with Crippen LogP contribution in [0.1, 0.15) is 17.0 Å². The van der Waals surface area contributed by atoms with Crippen molar-refractivity contribution in [2.45, 2.75) is 18.1 Å². The Kier molecular flexibility index (Phi) is 4.56. The van der Waals surface area contributed by atoms with Crippen LogP contribution in [0.2, 0.25) is 0 Å². The fourth-order valence-corrected chi connectivity index (χ4v) is 3.06. The number of aliphatic hydroxyl groups excluding tert-OH is 1. The van der Waals surface area contributed by atoms with Crippen molar-refractivity contribution in [3.63, 3.8) is 0 Å². The van der Waals surface area contributed by atoms with E-state index in [1.807, 2.05) is 48.5 Å². The molecule has 0 atom stereocenters. The Morgan fingerprint density at radius 2 is 1.64 bits per heavy atom. The number of anilines is 1. The van der Waals surface area contributed by atoms with Gasteiger partial charge in [0.2, 0.25) is 0 Å². The van der Waals surface area contributed by atoms with E-state index in [1.165, 1.54) is 5.56 Å². The zero-order valence-electron chi connectivity index (χ0n) is 12.1. The van der Waals surface area contributed by atoms with Crippen molar-refractivity contribution in [2.75, 3.05) is 5.73 Å². The third-order valence-corrected chi connectivity index (χ3v) is 4.38. The molecule has 4 nitrogen and oxygen atoms in total. The van der Waals surface area contributed by atoms with Gasteiger partial charge in [0.25, 0.3) is 0 Å². The predicted octanol–water partition coefficient (Wildman–Crippen LogP) is 3.14. The molecule has 0 unspecified atom stereocenters. The van der Waals surface area contributed by atoms with Gasteiger partial charge in [-0.1, -0.05) is 36.4 Å². The Labute approximate surface area is 133 Å². The van der Waals surface area contributed by atoms with E-state index in [-0.39, 0.29) is 6.61 Å². The highest BCUT2D eigenvalue weighted by molar-refractivity contribution is 7.97. The van der Waals surface area contributed by atoms with E-state index in [4.69, 9.17) is 10.8 Å². The van der Waals surface area contributed by atoms with Crippen LogP contribution in [0.25, 0.3) is 10.9 Å². The summed E-state index contributed by atoms with van der Waals surface area (Å²) < 4.78 is 0. The minimum Gasteiger partial charge on any atom is -0.392 e. The molecule has 5 heteroatoms. The quantitative estimate of drug-likeness (QED) is 0.757. The number of nitrogens with zero attached hydrogens (tertiary/aromatic N) is 2.